The van der Waals surface area contributed by atoms with Crippen LogP contribution >= 0.6 is 0 Å². The van der Waals surface area contributed by atoms with Crippen molar-refractivity contribution >= 4 is 6.03 Å². The Morgan fingerprint density at radius 3 is 2.81 bits per heavy atom. The predicted molar refractivity (Wildman–Crippen MR) is 82.3 cm³/mol. The first kappa shape index (κ1) is 14.2. The van der Waals surface area contributed by atoms with E-state index in [-0.39, 0.29) is 12.1 Å². The van der Waals surface area contributed by atoms with Crippen LogP contribution in [0, 0.1) is 0 Å². The van der Waals surface area contributed by atoms with Crippen molar-refractivity contribution in [1.82, 2.24) is 10.2 Å². The molecule has 4 nitrogen and oxygen atoms in total. The van der Waals surface area contributed by atoms with Crippen LogP contribution in [0.1, 0.15) is 44.6 Å². The minimum atomic E-state index is 0.0192. The Kier molecular flexibility index (Phi) is 4.32. The quantitative estimate of drug-likeness (QED) is 0.861. The first-order valence-electron chi connectivity index (χ1n) is 8.02. The molecule has 1 aromatic rings. The van der Waals surface area contributed by atoms with Gasteiger partial charge in [-0.15, -0.1) is 0 Å². The summed E-state index contributed by atoms with van der Waals surface area (Å²) in [6.07, 6.45) is 6.00. The maximum Gasteiger partial charge on any atom is 0.318 e. The molecule has 0 bridgehead atoms. The van der Waals surface area contributed by atoms with Crippen molar-refractivity contribution in [3.05, 3.63) is 29.8 Å². The van der Waals surface area contributed by atoms with Crippen LogP contribution in [0.5, 0.6) is 5.75 Å². The van der Waals surface area contributed by atoms with Gasteiger partial charge in [-0.3, -0.25) is 0 Å². The van der Waals surface area contributed by atoms with E-state index in [1.54, 1.807) is 0 Å². The molecule has 1 unspecified atom stereocenters. The predicted octanol–water partition coefficient (Wildman–Crippen LogP) is 3.31. The van der Waals surface area contributed by atoms with Gasteiger partial charge in [-0.25, -0.2) is 4.79 Å². The summed E-state index contributed by atoms with van der Waals surface area (Å²) in [5, 5.41) is 3.20. The van der Waals surface area contributed by atoms with Gasteiger partial charge < -0.3 is 15.0 Å². The molecule has 2 amide bonds. The molecule has 1 heterocycles. The number of benzene rings is 1. The molecule has 1 aromatic carbocycles. The monoisotopic (exact) mass is 288 g/mol. The number of amides is 2. The number of carbonyl (C=O) groups is 1. The van der Waals surface area contributed by atoms with Gasteiger partial charge in [-0.05, 0) is 25.8 Å². The fourth-order valence-electron chi connectivity index (χ4n) is 3.25. The van der Waals surface area contributed by atoms with Crippen LogP contribution < -0.4 is 10.1 Å². The van der Waals surface area contributed by atoms with Gasteiger partial charge in [0.1, 0.15) is 11.9 Å². The lowest BCUT2D eigenvalue weighted by Crippen LogP contribution is -2.47. The van der Waals surface area contributed by atoms with Gasteiger partial charge in [0, 0.05) is 11.6 Å². The van der Waals surface area contributed by atoms with Gasteiger partial charge >= 0.3 is 6.03 Å². The zero-order valence-corrected chi connectivity index (χ0v) is 12.7. The summed E-state index contributed by atoms with van der Waals surface area (Å²) in [5.74, 6) is 0.901. The van der Waals surface area contributed by atoms with Crippen LogP contribution in [0.2, 0.25) is 0 Å². The van der Waals surface area contributed by atoms with Crippen LogP contribution in [0.4, 0.5) is 4.79 Å². The molecule has 1 fully saturated rings. The second-order valence-corrected chi connectivity index (χ2v) is 6.20. The molecule has 0 saturated heterocycles. The van der Waals surface area contributed by atoms with E-state index in [9.17, 15) is 4.79 Å². The molecule has 4 heteroatoms. The average Bonchev–Trinajstić information content (AvgIpc) is 2.66. The highest BCUT2D eigenvalue weighted by Gasteiger charge is 2.25. The highest BCUT2D eigenvalue weighted by Crippen LogP contribution is 2.25. The normalized spacial score (nSPS) is 22.9. The topological polar surface area (TPSA) is 41.6 Å². The highest BCUT2D eigenvalue weighted by atomic mass is 16.5. The standard InChI is InChI=1S/C17H24N2O2/c1-13-11-19(12-14-7-5-6-10-16(14)21-13)17(20)18-15-8-3-2-4-9-15/h5-7,10,13,15H,2-4,8-9,11-12H2,1H3,(H,18,20). The molecule has 0 radical (unpaired) electrons. The third-order valence-electron chi connectivity index (χ3n) is 4.36. The average molecular weight is 288 g/mol. The van der Waals surface area contributed by atoms with E-state index in [1.807, 2.05) is 36.1 Å². The number of fused-ring (bicyclic) bond motifs is 1. The smallest absolute Gasteiger partial charge is 0.318 e. The fraction of sp³-hybridized carbons (Fsp3) is 0.588. The number of nitrogens with one attached hydrogen (secondary N) is 1. The van der Waals surface area contributed by atoms with Gasteiger partial charge in [0.25, 0.3) is 0 Å². The van der Waals surface area contributed by atoms with Gasteiger partial charge in [0.05, 0.1) is 13.1 Å². The number of carbonyl (C=O) groups excluding carboxylic acids is 1. The largest absolute Gasteiger partial charge is 0.489 e. The summed E-state index contributed by atoms with van der Waals surface area (Å²) in [7, 11) is 0. The van der Waals surface area contributed by atoms with Crippen LogP contribution in [0.25, 0.3) is 0 Å². The van der Waals surface area contributed by atoms with Crippen molar-refractivity contribution < 1.29 is 9.53 Å². The lowest BCUT2D eigenvalue weighted by Gasteiger charge is -2.28. The molecule has 0 spiro atoms. The maximum atomic E-state index is 12.5. The van der Waals surface area contributed by atoms with Crippen LogP contribution in [-0.2, 0) is 6.54 Å². The first-order chi connectivity index (χ1) is 10.2. The van der Waals surface area contributed by atoms with E-state index in [2.05, 4.69) is 5.32 Å². The zero-order valence-electron chi connectivity index (χ0n) is 12.7. The molecular weight excluding hydrogens is 264 g/mol. The lowest BCUT2D eigenvalue weighted by molar-refractivity contribution is 0.154. The van der Waals surface area contributed by atoms with Crippen molar-refractivity contribution in [3.8, 4) is 5.75 Å². The van der Waals surface area contributed by atoms with Crippen molar-refractivity contribution in [1.29, 1.82) is 0 Å². The molecule has 1 aliphatic heterocycles. The Hall–Kier alpha value is -1.71. The summed E-state index contributed by atoms with van der Waals surface area (Å²) in [6, 6.07) is 8.39. The summed E-state index contributed by atoms with van der Waals surface area (Å²) in [4.78, 5) is 14.4. The Morgan fingerprint density at radius 1 is 1.24 bits per heavy atom. The molecule has 114 valence electrons. The highest BCUT2D eigenvalue weighted by molar-refractivity contribution is 5.74. The van der Waals surface area contributed by atoms with Gasteiger partial charge in [0.2, 0.25) is 0 Å². The molecule has 2 aliphatic rings. The maximum absolute atomic E-state index is 12.5. The summed E-state index contributed by atoms with van der Waals surface area (Å²) >= 11 is 0. The summed E-state index contributed by atoms with van der Waals surface area (Å²) in [6.45, 7) is 3.27. The van der Waals surface area contributed by atoms with Gasteiger partial charge in [0.15, 0.2) is 0 Å². The van der Waals surface area contributed by atoms with E-state index in [0.29, 0.717) is 19.1 Å². The van der Waals surface area contributed by atoms with E-state index in [1.165, 1.54) is 19.3 Å². The molecule has 0 aromatic heterocycles. The van der Waals surface area contributed by atoms with Crippen molar-refractivity contribution in [2.45, 2.75) is 57.7 Å². The van der Waals surface area contributed by atoms with Crippen LogP contribution in [-0.4, -0.2) is 29.6 Å². The van der Waals surface area contributed by atoms with Crippen molar-refractivity contribution in [2.75, 3.05) is 6.54 Å². The number of urea groups is 1. The molecule has 1 N–H and O–H groups in total. The first-order valence-corrected chi connectivity index (χ1v) is 8.02. The van der Waals surface area contributed by atoms with E-state index in [0.717, 1.165) is 24.2 Å². The van der Waals surface area contributed by atoms with Crippen LogP contribution in [0.15, 0.2) is 24.3 Å². The number of para-hydroxylation sites is 1. The number of hydrogen-bond donors (Lipinski definition) is 1. The summed E-state index contributed by atoms with van der Waals surface area (Å²) in [5.41, 5.74) is 1.08. The van der Waals surface area contributed by atoms with E-state index >= 15 is 0 Å². The third-order valence-corrected chi connectivity index (χ3v) is 4.36. The number of hydrogen-bond acceptors (Lipinski definition) is 2. The Bertz CT molecular complexity index is 497. The Balaban J connectivity index is 1.68. The molecular formula is C17H24N2O2. The molecule has 3 rings (SSSR count). The van der Waals surface area contributed by atoms with Gasteiger partial charge in [-0.1, -0.05) is 37.5 Å². The Labute approximate surface area is 126 Å². The fourth-order valence-corrected chi connectivity index (χ4v) is 3.25. The minimum absolute atomic E-state index is 0.0192. The lowest BCUT2D eigenvalue weighted by atomic mass is 9.96. The second-order valence-electron chi connectivity index (χ2n) is 6.20. The summed E-state index contributed by atoms with van der Waals surface area (Å²) < 4.78 is 5.91. The molecule has 1 saturated carbocycles. The minimum Gasteiger partial charge on any atom is -0.489 e. The van der Waals surface area contributed by atoms with Crippen LogP contribution in [0.3, 0.4) is 0 Å². The number of ether oxygens (including phenoxy) is 1. The van der Waals surface area contributed by atoms with Crippen molar-refractivity contribution in [3.63, 3.8) is 0 Å². The second kappa shape index (κ2) is 6.37. The molecule has 1 aliphatic carbocycles. The molecule has 1 atom stereocenters. The van der Waals surface area contributed by atoms with E-state index in [4.69, 9.17) is 4.74 Å². The van der Waals surface area contributed by atoms with Crippen molar-refractivity contribution in [2.24, 2.45) is 0 Å². The zero-order chi connectivity index (χ0) is 14.7. The third kappa shape index (κ3) is 3.49. The Morgan fingerprint density at radius 2 is 2.00 bits per heavy atom. The molecule has 21 heavy (non-hydrogen) atoms. The number of rotatable bonds is 1. The van der Waals surface area contributed by atoms with Gasteiger partial charge in [-0.2, -0.15) is 0 Å². The number of nitrogens with zero attached hydrogens (tertiary/aromatic N) is 1. The SMILES string of the molecule is CC1CN(C(=O)NC2CCCCC2)Cc2ccccc2O1. The van der Waals surface area contributed by atoms with E-state index < -0.39 is 0 Å².